The summed E-state index contributed by atoms with van der Waals surface area (Å²) in [6.07, 6.45) is 1.48. The van der Waals surface area contributed by atoms with Crippen LogP contribution in [0.4, 0.5) is 0 Å². The number of amidine groups is 1. The number of halogens is 2. The fourth-order valence-electron chi connectivity index (χ4n) is 6.05. The first kappa shape index (κ1) is 28.1. The molecule has 1 saturated heterocycles. The van der Waals surface area contributed by atoms with Crippen LogP contribution in [0.25, 0.3) is 0 Å². The molecule has 0 radical (unpaired) electrons. The van der Waals surface area contributed by atoms with Crippen molar-refractivity contribution in [3.05, 3.63) is 80.3 Å². The lowest BCUT2D eigenvalue weighted by molar-refractivity contribution is -0.141. The van der Waals surface area contributed by atoms with Crippen LogP contribution in [0.3, 0.4) is 0 Å². The van der Waals surface area contributed by atoms with Crippen LogP contribution < -0.4 is 0 Å². The second-order valence-corrected chi connectivity index (χ2v) is 13.1. The van der Waals surface area contributed by atoms with Crippen molar-refractivity contribution in [3.8, 4) is 0 Å². The summed E-state index contributed by atoms with van der Waals surface area (Å²) in [6, 6.07) is 15.0. The Kier molecular flexibility index (Phi) is 7.55. The highest BCUT2D eigenvalue weighted by Crippen LogP contribution is 2.56. The van der Waals surface area contributed by atoms with Gasteiger partial charge in [-0.3, -0.25) is 9.59 Å². The number of carbonyl (C=O) groups excluding carboxylic acids is 2. The normalized spacial score (nSPS) is 26.4. The molecule has 2 aromatic carbocycles. The van der Waals surface area contributed by atoms with Crippen LogP contribution in [0, 0.1) is 5.92 Å². The van der Waals surface area contributed by atoms with Gasteiger partial charge in [0.1, 0.15) is 16.5 Å². The number of carbonyl (C=O) groups is 2. The molecule has 0 bridgehead atoms. The Labute approximate surface area is 245 Å². The van der Waals surface area contributed by atoms with E-state index in [1.807, 2.05) is 55.5 Å². The molecule has 206 valence electrons. The minimum atomic E-state index is -0.625. The van der Waals surface area contributed by atoms with E-state index >= 15 is 0 Å². The van der Waals surface area contributed by atoms with E-state index in [1.54, 1.807) is 23.9 Å². The van der Waals surface area contributed by atoms with E-state index in [-0.39, 0.29) is 29.8 Å². The van der Waals surface area contributed by atoms with Crippen LogP contribution in [0.2, 0.25) is 10.0 Å². The number of aliphatic imine (C=N–C) groups is 1. The van der Waals surface area contributed by atoms with Crippen molar-refractivity contribution >= 4 is 51.9 Å². The molecule has 2 amide bonds. The van der Waals surface area contributed by atoms with E-state index in [4.69, 9.17) is 28.2 Å². The fourth-order valence-corrected chi connectivity index (χ4v) is 7.65. The first-order chi connectivity index (χ1) is 18.4. The molecule has 0 aliphatic carbocycles. The van der Waals surface area contributed by atoms with Crippen molar-refractivity contribution in [2.75, 3.05) is 14.1 Å². The third-order valence-corrected chi connectivity index (χ3v) is 9.56. The van der Waals surface area contributed by atoms with Gasteiger partial charge in [0.15, 0.2) is 5.17 Å². The van der Waals surface area contributed by atoms with Crippen LogP contribution in [0.1, 0.15) is 57.7 Å². The first-order valence-electron chi connectivity index (χ1n) is 13.3. The third kappa shape index (κ3) is 4.76. The maximum Gasteiger partial charge on any atom is 0.263 e. The Morgan fingerprint density at radius 3 is 2.18 bits per heavy atom. The topological polar surface area (TPSA) is 56.2 Å². The molecule has 0 saturated carbocycles. The van der Waals surface area contributed by atoms with Gasteiger partial charge in [0, 0.05) is 35.9 Å². The molecule has 4 atom stereocenters. The molecule has 2 aromatic rings. The number of nitrogens with zero attached hydrogens (tertiary/aromatic N) is 4. The van der Waals surface area contributed by atoms with Crippen molar-refractivity contribution < 1.29 is 9.59 Å². The number of hydrogen-bond donors (Lipinski definition) is 0. The van der Waals surface area contributed by atoms with Crippen LogP contribution in [-0.2, 0) is 15.1 Å². The molecule has 0 unspecified atom stereocenters. The van der Waals surface area contributed by atoms with E-state index in [0.717, 1.165) is 28.4 Å². The van der Waals surface area contributed by atoms with Gasteiger partial charge in [0.05, 0.1) is 6.04 Å². The molecule has 3 aliphatic heterocycles. The number of amides is 2. The van der Waals surface area contributed by atoms with Crippen molar-refractivity contribution in [1.29, 1.82) is 0 Å². The number of likely N-dealkylation sites (N-methyl/N-ethyl adjacent to an activating group) is 1. The number of thioether (sulfide) groups is 1. The van der Waals surface area contributed by atoms with Crippen molar-refractivity contribution in [2.24, 2.45) is 10.9 Å². The van der Waals surface area contributed by atoms with E-state index in [0.29, 0.717) is 21.4 Å². The van der Waals surface area contributed by atoms with Crippen LogP contribution in [0.15, 0.2) is 64.1 Å². The van der Waals surface area contributed by atoms with Gasteiger partial charge < -0.3 is 14.7 Å². The molecular weight excluding hydrogens is 551 g/mol. The SMILES string of the molecule is CC(C)C1=C(C(=O)N2[C@@H](C)CC[C@H]2C(=O)N(C)C)SC2=N[C@@](C)(c3ccc(Cl)cc3)[C@@H](c3ccc(Cl)cc3)N21. The lowest BCUT2D eigenvalue weighted by Gasteiger charge is -2.37. The Hall–Kier alpha value is -2.48. The fraction of sp³-hybridized carbons (Fsp3) is 0.433. The van der Waals surface area contributed by atoms with Crippen molar-refractivity contribution in [3.63, 3.8) is 0 Å². The Morgan fingerprint density at radius 1 is 1.03 bits per heavy atom. The summed E-state index contributed by atoms with van der Waals surface area (Å²) in [4.78, 5) is 38.9. The molecule has 6 nitrogen and oxygen atoms in total. The number of rotatable bonds is 5. The highest BCUT2D eigenvalue weighted by atomic mass is 35.5. The molecule has 1 fully saturated rings. The van der Waals surface area contributed by atoms with Crippen LogP contribution >= 0.6 is 35.0 Å². The molecule has 9 heteroatoms. The van der Waals surface area contributed by atoms with Gasteiger partial charge in [-0.25, -0.2) is 4.99 Å². The van der Waals surface area contributed by atoms with Gasteiger partial charge >= 0.3 is 0 Å². The largest absolute Gasteiger partial charge is 0.347 e. The first-order valence-corrected chi connectivity index (χ1v) is 14.9. The molecule has 5 rings (SSSR count). The summed E-state index contributed by atoms with van der Waals surface area (Å²) in [5.41, 5.74) is 2.41. The number of benzene rings is 2. The van der Waals surface area contributed by atoms with E-state index in [1.165, 1.54) is 11.8 Å². The number of hydrogen-bond acceptors (Lipinski definition) is 5. The monoisotopic (exact) mass is 584 g/mol. The molecule has 0 spiro atoms. The standard InChI is InChI=1S/C30H34Cl2N4O2S/c1-17(2)24-25(28(38)35-18(3)7-16-23(35)27(37)34(5)6)39-29-33-30(4,20-10-14-22(32)15-11-20)26(36(24)29)19-8-12-21(31)13-9-19/h8-15,17-18,23,26H,7,16H2,1-6H3/t18-,23-,26+,30-/m0/s1. The summed E-state index contributed by atoms with van der Waals surface area (Å²) in [5, 5.41) is 2.13. The van der Waals surface area contributed by atoms with E-state index in [2.05, 4.69) is 25.7 Å². The average Bonchev–Trinajstić information content (AvgIpc) is 3.53. The van der Waals surface area contributed by atoms with Gasteiger partial charge in [-0.15, -0.1) is 0 Å². The van der Waals surface area contributed by atoms with Gasteiger partial charge in [-0.05, 0) is 79.8 Å². The highest BCUT2D eigenvalue weighted by molar-refractivity contribution is 8.18. The highest BCUT2D eigenvalue weighted by Gasteiger charge is 2.54. The summed E-state index contributed by atoms with van der Waals surface area (Å²) >= 11 is 13.9. The number of allylic oxidation sites excluding steroid dienone is 1. The average molecular weight is 586 g/mol. The minimum Gasteiger partial charge on any atom is -0.347 e. The van der Waals surface area contributed by atoms with Gasteiger partial charge in [-0.1, -0.05) is 61.3 Å². The number of fused-ring (bicyclic) bond motifs is 1. The Bertz CT molecular complexity index is 1360. The van der Waals surface area contributed by atoms with Crippen LogP contribution in [-0.4, -0.2) is 57.9 Å². The third-order valence-electron chi connectivity index (χ3n) is 7.99. The number of likely N-dealkylation sites (tertiary alicyclic amines) is 1. The maximum absolute atomic E-state index is 14.3. The Balaban J connectivity index is 1.62. The molecule has 39 heavy (non-hydrogen) atoms. The molecule has 3 heterocycles. The summed E-state index contributed by atoms with van der Waals surface area (Å²) in [5.74, 6) is -0.0731. The second-order valence-electron chi connectivity index (χ2n) is 11.2. The summed E-state index contributed by atoms with van der Waals surface area (Å²) in [7, 11) is 3.49. The van der Waals surface area contributed by atoms with Crippen molar-refractivity contribution in [2.45, 2.75) is 64.2 Å². The van der Waals surface area contributed by atoms with E-state index < -0.39 is 11.6 Å². The Morgan fingerprint density at radius 2 is 1.62 bits per heavy atom. The zero-order chi connectivity index (χ0) is 28.2. The summed E-state index contributed by atoms with van der Waals surface area (Å²) < 4.78 is 0. The van der Waals surface area contributed by atoms with Crippen LogP contribution in [0.5, 0.6) is 0 Å². The quantitative estimate of drug-likeness (QED) is 0.392. The maximum atomic E-state index is 14.3. The lowest BCUT2D eigenvalue weighted by Crippen LogP contribution is -2.48. The zero-order valence-electron chi connectivity index (χ0n) is 23.1. The predicted molar refractivity (Wildman–Crippen MR) is 160 cm³/mol. The van der Waals surface area contributed by atoms with Gasteiger partial charge in [-0.2, -0.15) is 0 Å². The second kappa shape index (κ2) is 10.5. The van der Waals surface area contributed by atoms with E-state index in [9.17, 15) is 9.59 Å². The molecule has 0 aromatic heterocycles. The zero-order valence-corrected chi connectivity index (χ0v) is 25.4. The lowest BCUT2D eigenvalue weighted by atomic mass is 9.81. The molecule has 0 N–H and O–H groups in total. The predicted octanol–water partition coefficient (Wildman–Crippen LogP) is 6.70. The smallest absolute Gasteiger partial charge is 0.263 e. The van der Waals surface area contributed by atoms with Crippen molar-refractivity contribution in [1.82, 2.24) is 14.7 Å². The molecule has 3 aliphatic rings. The molecular formula is C30H34Cl2N4O2S. The minimum absolute atomic E-state index is 0.0170. The van der Waals surface area contributed by atoms with Gasteiger partial charge in [0.2, 0.25) is 5.91 Å². The summed E-state index contributed by atoms with van der Waals surface area (Å²) in [6.45, 7) is 8.38. The van der Waals surface area contributed by atoms with Gasteiger partial charge in [0.25, 0.3) is 5.91 Å².